The largest absolute Gasteiger partial charge is 0.459 e. The van der Waals surface area contributed by atoms with Crippen LogP contribution in [0.5, 0.6) is 0 Å². The van der Waals surface area contributed by atoms with Gasteiger partial charge in [-0.25, -0.2) is 9.79 Å². The second kappa shape index (κ2) is 10.4. The van der Waals surface area contributed by atoms with Crippen molar-refractivity contribution in [1.29, 1.82) is 0 Å². The Morgan fingerprint density at radius 1 is 1.18 bits per heavy atom. The lowest BCUT2D eigenvalue weighted by Gasteiger charge is -2.38. The number of aliphatic imine (C=N–C) groups is 1. The van der Waals surface area contributed by atoms with Crippen LogP contribution in [0.3, 0.4) is 0 Å². The van der Waals surface area contributed by atoms with Gasteiger partial charge in [0, 0.05) is 31.9 Å². The first-order chi connectivity index (χ1) is 16.3. The summed E-state index contributed by atoms with van der Waals surface area (Å²) in [6.07, 6.45) is 0.0501. The number of ether oxygens (including phenoxy) is 1. The third kappa shape index (κ3) is 5.08. The van der Waals surface area contributed by atoms with Gasteiger partial charge >= 0.3 is 5.97 Å². The van der Waals surface area contributed by atoms with Gasteiger partial charge in [-0.3, -0.25) is 4.79 Å². The van der Waals surface area contributed by atoms with Gasteiger partial charge in [0.2, 0.25) is 5.91 Å². The Kier molecular flexibility index (Phi) is 7.48. The molecule has 0 radical (unpaired) electrons. The van der Waals surface area contributed by atoms with E-state index in [1.165, 1.54) is 11.8 Å². The summed E-state index contributed by atoms with van der Waals surface area (Å²) < 4.78 is 5.62. The van der Waals surface area contributed by atoms with E-state index in [0.29, 0.717) is 11.3 Å². The normalized spacial score (nSPS) is 20.9. The first-order valence-electron chi connectivity index (χ1n) is 12.0. The van der Waals surface area contributed by atoms with Crippen LogP contribution in [0.2, 0.25) is 0 Å². The molecular formula is C26H34N4O3S. The highest BCUT2D eigenvalue weighted by molar-refractivity contribution is 8.16. The van der Waals surface area contributed by atoms with Crippen molar-refractivity contribution in [3.63, 3.8) is 0 Å². The minimum absolute atomic E-state index is 0.115. The van der Waals surface area contributed by atoms with Crippen LogP contribution in [0.15, 0.2) is 51.6 Å². The number of benzene rings is 1. The molecule has 0 N–H and O–H groups in total. The minimum Gasteiger partial charge on any atom is -0.459 e. The van der Waals surface area contributed by atoms with Crippen molar-refractivity contribution in [3.05, 3.63) is 57.8 Å². The fraction of sp³-hybridized carbons (Fsp3) is 0.500. The van der Waals surface area contributed by atoms with E-state index >= 15 is 0 Å². The predicted octanol–water partition coefficient (Wildman–Crippen LogP) is 4.08. The molecule has 1 fully saturated rings. The Labute approximate surface area is 206 Å². The zero-order valence-corrected chi connectivity index (χ0v) is 21.5. The molecule has 3 aliphatic heterocycles. The molecule has 182 valence electrons. The van der Waals surface area contributed by atoms with Crippen molar-refractivity contribution in [3.8, 4) is 0 Å². The topological polar surface area (TPSA) is 65.4 Å². The number of hydrogen-bond acceptors (Lipinski definition) is 7. The molecule has 34 heavy (non-hydrogen) atoms. The summed E-state index contributed by atoms with van der Waals surface area (Å²) in [4.78, 5) is 37.6. The number of thioether (sulfide) groups is 1. The number of esters is 1. The minimum atomic E-state index is -0.385. The number of carbonyl (C=O) groups is 2. The number of nitrogens with zero attached hydrogens (tertiary/aromatic N) is 4. The summed E-state index contributed by atoms with van der Waals surface area (Å²) >= 11 is 1.51. The fourth-order valence-electron chi connectivity index (χ4n) is 4.64. The van der Waals surface area contributed by atoms with Gasteiger partial charge in [-0.1, -0.05) is 48.5 Å². The SMILES string of the molecule is CCN1CCN(C(=O)CC2=CSC3=NC(C)=C(C(=O)OC(C)C)[C@H](c4cccc(C)c4)N23)CC1. The Morgan fingerprint density at radius 3 is 2.56 bits per heavy atom. The zero-order chi connectivity index (χ0) is 24.4. The van der Waals surface area contributed by atoms with Crippen LogP contribution in [-0.4, -0.2) is 70.6 Å². The van der Waals surface area contributed by atoms with E-state index in [1.807, 2.05) is 56.2 Å². The van der Waals surface area contributed by atoms with Crippen LogP contribution < -0.4 is 0 Å². The second-order valence-corrected chi connectivity index (χ2v) is 10.1. The summed E-state index contributed by atoms with van der Waals surface area (Å²) in [5, 5.41) is 2.80. The second-order valence-electron chi connectivity index (χ2n) is 9.25. The van der Waals surface area contributed by atoms with E-state index in [0.717, 1.165) is 54.7 Å². The average molecular weight is 483 g/mol. The van der Waals surface area contributed by atoms with Crippen molar-refractivity contribution in [1.82, 2.24) is 14.7 Å². The van der Waals surface area contributed by atoms with Gasteiger partial charge in [0.1, 0.15) is 0 Å². The van der Waals surface area contributed by atoms with Crippen molar-refractivity contribution in [2.45, 2.75) is 53.2 Å². The molecule has 1 atom stereocenters. The smallest absolute Gasteiger partial charge is 0.338 e. The highest BCUT2D eigenvalue weighted by atomic mass is 32.2. The molecule has 1 aromatic carbocycles. The molecule has 7 nitrogen and oxygen atoms in total. The summed E-state index contributed by atoms with van der Waals surface area (Å²) in [7, 11) is 0. The molecule has 0 aliphatic carbocycles. The van der Waals surface area contributed by atoms with E-state index in [1.54, 1.807) is 0 Å². The molecule has 0 aromatic heterocycles. The molecule has 4 rings (SSSR count). The molecule has 1 amide bonds. The Hall–Kier alpha value is -2.58. The van der Waals surface area contributed by atoms with E-state index in [9.17, 15) is 9.59 Å². The number of allylic oxidation sites excluding steroid dienone is 1. The number of aryl methyl sites for hydroxylation is 1. The van der Waals surface area contributed by atoms with Crippen LogP contribution in [0.25, 0.3) is 0 Å². The molecule has 0 bridgehead atoms. The highest BCUT2D eigenvalue weighted by Crippen LogP contribution is 2.45. The van der Waals surface area contributed by atoms with Gasteiger partial charge in [0.15, 0.2) is 5.17 Å². The Balaban J connectivity index is 1.64. The molecule has 1 aromatic rings. The standard InChI is InChI=1S/C26H34N4O3S/c1-6-28-10-12-29(13-11-28)22(31)15-21-16-34-26-27-19(5)23(25(32)33-17(2)3)24(30(21)26)20-9-7-8-18(4)14-20/h7-9,14,16-17,24H,6,10-13,15H2,1-5H3/t24-/m0/s1. The molecular weight excluding hydrogens is 448 g/mol. The molecule has 8 heteroatoms. The number of hydrogen-bond donors (Lipinski definition) is 0. The number of rotatable bonds is 6. The first kappa shape index (κ1) is 24.5. The Bertz CT molecular complexity index is 1050. The lowest BCUT2D eigenvalue weighted by atomic mass is 9.93. The number of likely N-dealkylation sites (N-methyl/N-ethyl adjacent to an activating group) is 1. The fourth-order valence-corrected chi connectivity index (χ4v) is 5.61. The van der Waals surface area contributed by atoms with Gasteiger partial charge in [-0.2, -0.15) is 0 Å². The monoisotopic (exact) mass is 482 g/mol. The van der Waals surface area contributed by atoms with Crippen molar-refractivity contribution in [2.75, 3.05) is 32.7 Å². The molecule has 0 unspecified atom stereocenters. The van der Waals surface area contributed by atoms with Gasteiger partial charge in [0.05, 0.1) is 29.8 Å². The number of fused-ring (bicyclic) bond motifs is 1. The maximum Gasteiger partial charge on any atom is 0.338 e. The van der Waals surface area contributed by atoms with Gasteiger partial charge < -0.3 is 19.4 Å². The Morgan fingerprint density at radius 2 is 1.91 bits per heavy atom. The van der Waals surface area contributed by atoms with Gasteiger partial charge in [-0.05, 0) is 45.2 Å². The third-order valence-electron chi connectivity index (χ3n) is 6.43. The molecule has 0 spiro atoms. The van der Waals surface area contributed by atoms with Crippen molar-refractivity contribution in [2.24, 2.45) is 4.99 Å². The van der Waals surface area contributed by atoms with E-state index in [2.05, 4.69) is 22.8 Å². The van der Waals surface area contributed by atoms with Crippen molar-refractivity contribution < 1.29 is 14.3 Å². The molecule has 1 saturated heterocycles. The van der Waals surface area contributed by atoms with E-state index < -0.39 is 0 Å². The van der Waals surface area contributed by atoms with Gasteiger partial charge in [0.25, 0.3) is 0 Å². The average Bonchev–Trinajstić information content (AvgIpc) is 3.19. The summed E-state index contributed by atoms with van der Waals surface area (Å²) in [6, 6.07) is 7.78. The predicted molar refractivity (Wildman–Crippen MR) is 136 cm³/mol. The van der Waals surface area contributed by atoms with Crippen LogP contribution >= 0.6 is 11.8 Å². The number of amides is 1. The van der Waals surface area contributed by atoms with E-state index in [-0.39, 0.29) is 30.4 Å². The highest BCUT2D eigenvalue weighted by Gasteiger charge is 2.41. The summed E-state index contributed by atoms with van der Waals surface area (Å²) in [5.41, 5.74) is 4.16. The molecule has 3 aliphatic rings. The third-order valence-corrected chi connectivity index (χ3v) is 7.31. The number of carbonyl (C=O) groups excluding carboxylic acids is 2. The van der Waals surface area contributed by atoms with E-state index in [4.69, 9.17) is 9.73 Å². The summed E-state index contributed by atoms with van der Waals surface area (Å²) in [5.74, 6) is -0.246. The van der Waals surface area contributed by atoms with Gasteiger partial charge in [-0.15, -0.1) is 0 Å². The maximum absolute atomic E-state index is 13.2. The van der Waals surface area contributed by atoms with Crippen LogP contribution in [0, 0.1) is 6.92 Å². The van der Waals surface area contributed by atoms with Crippen molar-refractivity contribution >= 4 is 28.8 Å². The van der Waals surface area contributed by atoms with Crippen LogP contribution in [-0.2, 0) is 14.3 Å². The lowest BCUT2D eigenvalue weighted by Crippen LogP contribution is -2.49. The number of piperazine rings is 1. The van der Waals surface area contributed by atoms with Crippen LogP contribution in [0.1, 0.15) is 51.3 Å². The maximum atomic E-state index is 13.2. The zero-order valence-electron chi connectivity index (χ0n) is 20.7. The molecule has 3 heterocycles. The molecule has 0 saturated carbocycles. The lowest BCUT2D eigenvalue weighted by molar-refractivity contribution is -0.143. The van der Waals surface area contributed by atoms with Crippen LogP contribution in [0.4, 0.5) is 0 Å². The number of amidine groups is 1. The quantitative estimate of drug-likeness (QED) is 0.570. The first-order valence-corrected chi connectivity index (χ1v) is 12.9. The summed E-state index contributed by atoms with van der Waals surface area (Å²) in [6.45, 7) is 14.1.